The summed E-state index contributed by atoms with van der Waals surface area (Å²) in [5.74, 6) is -2.64. The number of thiazole rings is 1. The lowest BCUT2D eigenvalue weighted by molar-refractivity contribution is -0.122. The Bertz CT molecular complexity index is 402. The highest BCUT2D eigenvalue weighted by Gasteiger charge is 2.58. The Kier molecular flexibility index (Phi) is 2.84. The van der Waals surface area contributed by atoms with Crippen molar-refractivity contribution < 1.29 is 13.5 Å². The van der Waals surface area contributed by atoms with E-state index in [1.54, 1.807) is 0 Å². The minimum Gasteiger partial charge on any atom is -0.473 e. The maximum absolute atomic E-state index is 13.0. The average molecular weight is 269 g/mol. The fourth-order valence-electron chi connectivity index (χ4n) is 2.03. The molecule has 1 aromatic rings. The van der Waals surface area contributed by atoms with Crippen molar-refractivity contribution in [2.75, 3.05) is 13.7 Å². The summed E-state index contributed by atoms with van der Waals surface area (Å²) in [4.78, 5) is 4.54. The van der Waals surface area contributed by atoms with E-state index in [0.29, 0.717) is 10.1 Å². The van der Waals surface area contributed by atoms with E-state index in [-0.39, 0.29) is 24.5 Å². The predicted molar refractivity (Wildman–Crippen MR) is 58.6 cm³/mol. The van der Waals surface area contributed by atoms with E-state index >= 15 is 0 Å². The molecular weight excluding hydrogens is 258 g/mol. The first-order valence-electron chi connectivity index (χ1n) is 4.71. The number of halogens is 3. The summed E-state index contributed by atoms with van der Waals surface area (Å²) in [5.41, 5.74) is 4.86. The molecule has 90 valence electrons. The normalized spacial score (nSPS) is 21.6. The maximum atomic E-state index is 13.0. The first-order chi connectivity index (χ1) is 7.42. The molecule has 1 heterocycles. The van der Waals surface area contributed by atoms with E-state index in [4.69, 9.17) is 22.1 Å². The monoisotopic (exact) mass is 268 g/mol. The number of hydrogen-bond acceptors (Lipinski definition) is 4. The largest absolute Gasteiger partial charge is 0.473 e. The molecule has 0 aromatic carbocycles. The van der Waals surface area contributed by atoms with Crippen LogP contribution in [0.1, 0.15) is 17.7 Å². The maximum Gasteiger partial charge on any atom is 0.274 e. The third kappa shape index (κ3) is 1.78. The van der Waals surface area contributed by atoms with Gasteiger partial charge in [0.25, 0.3) is 5.19 Å². The smallest absolute Gasteiger partial charge is 0.274 e. The van der Waals surface area contributed by atoms with Crippen LogP contribution in [0.2, 0.25) is 5.15 Å². The van der Waals surface area contributed by atoms with E-state index in [9.17, 15) is 8.78 Å². The molecule has 0 radical (unpaired) electrons. The van der Waals surface area contributed by atoms with Gasteiger partial charge in [0.15, 0.2) is 0 Å². The summed E-state index contributed by atoms with van der Waals surface area (Å²) in [7, 11) is 1.46. The van der Waals surface area contributed by atoms with Gasteiger partial charge in [-0.2, -0.15) is 4.98 Å². The standard InChI is InChI=1S/C9H11ClF2N2OS/c1-15-7-14-6(10)5(16-7)8(4-13)2-9(11,12)3-8/h2-4,13H2,1H3. The molecule has 0 atom stereocenters. The molecule has 2 rings (SSSR count). The third-order valence-corrected chi connectivity index (χ3v) is 4.46. The SMILES string of the molecule is COc1nc(Cl)c(C2(CN)CC(F)(F)C2)s1. The van der Waals surface area contributed by atoms with Crippen molar-refractivity contribution >= 4 is 22.9 Å². The number of nitrogens with zero attached hydrogens (tertiary/aromatic N) is 1. The van der Waals surface area contributed by atoms with E-state index in [0.717, 1.165) is 0 Å². The van der Waals surface area contributed by atoms with E-state index in [1.165, 1.54) is 18.4 Å². The average Bonchev–Trinajstić information content (AvgIpc) is 2.55. The summed E-state index contributed by atoms with van der Waals surface area (Å²) in [5, 5.41) is 0.603. The van der Waals surface area contributed by atoms with Gasteiger partial charge >= 0.3 is 0 Å². The molecule has 1 aliphatic carbocycles. The zero-order valence-electron chi connectivity index (χ0n) is 8.60. The van der Waals surface area contributed by atoms with Crippen LogP contribution in [0.15, 0.2) is 0 Å². The van der Waals surface area contributed by atoms with Gasteiger partial charge in [-0.1, -0.05) is 22.9 Å². The molecule has 0 saturated heterocycles. The summed E-state index contributed by atoms with van der Waals surface area (Å²) in [6, 6.07) is 0. The molecule has 0 unspecified atom stereocenters. The van der Waals surface area contributed by atoms with Crippen LogP contribution in [0.25, 0.3) is 0 Å². The van der Waals surface area contributed by atoms with Crippen LogP contribution in [0, 0.1) is 0 Å². The number of nitrogens with two attached hydrogens (primary N) is 1. The molecule has 2 N–H and O–H groups in total. The third-order valence-electron chi connectivity index (χ3n) is 2.81. The van der Waals surface area contributed by atoms with Crippen LogP contribution in [0.3, 0.4) is 0 Å². The van der Waals surface area contributed by atoms with Gasteiger partial charge in [0.05, 0.1) is 12.0 Å². The van der Waals surface area contributed by atoms with Crippen molar-refractivity contribution in [3.8, 4) is 5.19 Å². The molecule has 0 aliphatic heterocycles. The molecule has 3 nitrogen and oxygen atoms in total. The van der Waals surface area contributed by atoms with Crippen molar-refractivity contribution in [1.29, 1.82) is 0 Å². The van der Waals surface area contributed by atoms with Crippen LogP contribution in [-0.4, -0.2) is 24.6 Å². The quantitative estimate of drug-likeness (QED) is 0.916. The molecule has 7 heteroatoms. The van der Waals surface area contributed by atoms with Crippen LogP contribution in [0.4, 0.5) is 8.78 Å². The van der Waals surface area contributed by atoms with Gasteiger partial charge in [-0.05, 0) is 0 Å². The van der Waals surface area contributed by atoms with Crippen molar-refractivity contribution in [3.63, 3.8) is 0 Å². The summed E-state index contributed by atoms with van der Waals surface area (Å²) >= 11 is 7.10. The van der Waals surface area contributed by atoms with Gasteiger partial charge in [0, 0.05) is 24.8 Å². The summed E-state index contributed by atoms with van der Waals surface area (Å²) in [6.07, 6.45) is -0.525. The second-order valence-electron chi connectivity index (χ2n) is 4.00. The Morgan fingerprint density at radius 3 is 2.56 bits per heavy atom. The second-order valence-corrected chi connectivity index (χ2v) is 5.32. The Morgan fingerprint density at radius 1 is 1.56 bits per heavy atom. The Balaban J connectivity index is 2.32. The van der Waals surface area contributed by atoms with Gasteiger partial charge in [-0.25, -0.2) is 8.78 Å². The number of rotatable bonds is 3. The first kappa shape index (κ1) is 12.0. The van der Waals surface area contributed by atoms with Crippen molar-refractivity contribution in [2.24, 2.45) is 5.73 Å². The lowest BCUT2D eigenvalue weighted by atomic mass is 9.65. The number of methoxy groups -OCH3 is 1. The van der Waals surface area contributed by atoms with E-state index < -0.39 is 11.3 Å². The molecule has 16 heavy (non-hydrogen) atoms. The Labute approximate surface area is 101 Å². The van der Waals surface area contributed by atoms with Crippen LogP contribution < -0.4 is 10.5 Å². The fourth-order valence-corrected chi connectivity index (χ4v) is 3.45. The van der Waals surface area contributed by atoms with Crippen molar-refractivity contribution in [2.45, 2.75) is 24.2 Å². The second kappa shape index (κ2) is 3.78. The molecule has 1 saturated carbocycles. The lowest BCUT2D eigenvalue weighted by Gasteiger charge is -2.46. The molecule has 1 aliphatic rings. The highest BCUT2D eigenvalue weighted by molar-refractivity contribution is 7.14. The first-order valence-corrected chi connectivity index (χ1v) is 5.91. The summed E-state index contributed by atoms with van der Waals surface area (Å²) < 4.78 is 30.9. The number of alkyl halides is 2. The predicted octanol–water partition coefficient (Wildman–Crippen LogP) is 2.43. The minimum absolute atomic E-state index is 0.146. The zero-order chi connectivity index (χ0) is 12.0. The van der Waals surface area contributed by atoms with Crippen molar-refractivity contribution in [3.05, 3.63) is 10.0 Å². The molecule has 0 spiro atoms. The minimum atomic E-state index is -2.64. The van der Waals surface area contributed by atoms with Crippen LogP contribution >= 0.6 is 22.9 Å². The van der Waals surface area contributed by atoms with Gasteiger partial charge in [-0.3, -0.25) is 0 Å². The number of aromatic nitrogens is 1. The van der Waals surface area contributed by atoms with Crippen LogP contribution in [0.5, 0.6) is 5.19 Å². The number of ether oxygens (including phenoxy) is 1. The molecule has 1 aromatic heterocycles. The van der Waals surface area contributed by atoms with Crippen LogP contribution in [-0.2, 0) is 5.41 Å². The molecule has 0 amide bonds. The van der Waals surface area contributed by atoms with Crippen molar-refractivity contribution in [1.82, 2.24) is 4.98 Å². The van der Waals surface area contributed by atoms with E-state index in [1.807, 2.05) is 0 Å². The van der Waals surface area contributed by atoms with Gasteiger partial charge in [-0.15, -0.1) is 0 Å². The molecule has 0 bridgehead atoms. The topological polar surface area (TPSA) is 48.1 Å². The van der Waals surface area contributed by atoms with Gasteiger partial charge < -0.3 is 10.5 Å². The number of hydrogen-bond donors (Lipinski definition) is 1. The highest BCUT2D eigenvalue weighted by atomic mass is 35.5. The Morgan fingerprint density at radius 2 is 2.19 bits per heavy atom. The molecule has 1 fully saturated rings. The Hall–Kier alpha value is -0.460. The van der Waals surface area contributed by atoms with E-state index in [2.05, 4.69) is 4.98 Å². The highest BCUT2D eigenvalue weighted by Crippen LogP contribution is 2.56. The van der Waals surface area contributed by atoms with Gasteiger partial charge in [0.1, 0.15) is 5.15 Å². The lowest BCUT2D eigenvalue weighted by Crippen LogP contribution is -2.53. The molecular formula is C9H11ClF2N2OS. The van der Waals surface area contributed by atoms with Gasteiger partial charge in [0.2, 0.25) is 5.92 Å². The summed E-state index contributed by atoms with van der Waals surface area (Å²) in [6.45, 7) is 0.146. The fraction of sp³-hybridized carbons (Fsp3) is 0.667. The zero-order valence-corrected chi connectivity index (χ0v) is 10.2.